The van der Waals surface area contributed by atoms with Gasteiger partial charge in [-0.1, -0.05) is 60.7 Å². The minimum absolute atomic E-state index is 0.467. The molecule has 2 aromatic rings. The van der Waals surface area contributed by atoms with E-state index in [1.807, 2.05) is 36.4 Å². The van der Waals surface area contributed by atoms with Gasteiger partial charge in [-0.25, -0.2) is 0 Å². The highest BCUT2D eigenvalue weighted by Gasteiger charge is 2.37. The number of esters is 2. The largest absolute Gasteiger partial charge is 0.469 e. The Bertz CT molecular complexity index is 565. The first-order chi connectivity index (χ1) is 10.7. The molecule has 2 atom stereocenters. The van der Waals surface area contributed by atoms with Crippen molar-refractivity contribution in [1.29, 1.82) is 0 Å². The fourth-order valence-corrected chi connectivity index (χ4v) is 2.50. The highest BCUT2D eigenvalue weighted by molar-refractivity contribution is 5.90. The maximum absolute atomic E-state index is 12.3. The lowest BCUT2D eigenvalue weighted by atomic mass is 9.81. The van der Waals surface area contributed by atoms with Crippen LogP contribution in [0.1, 0.15) is 23.0 Å². The maximum atomic E-state index is 12.3. The topological polar surface area (TPSA) is 52.6 Å². The molecule has 0 aliphatic carbocycles. The number of rotatable bonds is 5. The molecule has 0 bridgehead atoms. The van der Waals surface area contributed by atoms with Gasteiger partial charge in [0.25, 0.3) is 0 Å². The predicted octanol–water partition coefficient (Wildman–Crippen LogP) is 2.90. The Kier molecular flexibility index (Phi) is 5.31. The number of hydrogen-bond acceptors (Lipinski definition) is 4. The Hall–Kier alpha value is -2.62. The Morgan fingerprint density at radius 1 is 0.682 bits per heavy atom. The number of carbonyl (C=O) groups excluding carboxylic acids is 2. The van der Waals surface area contributed by atoms with E-state index in [1.165, 1.54) is 14.2 Å². The van der Waals surface area contributed by atoms with E-state index in [4.69, 9.17) is 9.47 Å². The minimum Gasteiger partial charge on any atom is -0.469 e. The van der Waals surface area contributed by atoms with Crippen LogP contribution in [0.25, 0.3) is 0 Å². The zero-order valence-electron chi connectivity index (χ0n) is 12.6. The van der Waals surface area contributed by atoms with Gasteiger partial charge in [-0.15, -0.1) is 0 Å². The van der Waals surface area contributed by atoms with Crippen molar-refractivity contribution in [2.45, 2.75) is 11.8 Å². The smallest absolute Gasteiger partial charge is 0.314 e. The number of carbonyl (C=O) groups is 2. The van der Waals surface area contributed by atoms with Crippen LogP contribution in [0.15, 0.2) is 60.7 Å². The number of methoxy groups -OCH3 is 2. The zero-order valence-corrected chi connectivity index (χ0v) is 12.6. The van der Waals surface area contributed by atoms with Crippen LogP contribution >= 0.6 is 0 Å². The lowest BCUT2D eigenvalue weighted by Gasteiger charge is -2.24. The summed E-state index contributed by atoms with van der Waals surface area (Å²) in [7, 11) is 2.63. The first-order valence-corrected chi connectivity index (χ1v) is 6.94. The molecule has 0 aliphatic heterocycles. The van der Waals surface area contributed by atoms with E-state index in [-0.39, 0.29) is 0 Å². The van der Waals surface area contributed by atoms with Crippen molar-refractivity contribution in [2.24, 2.45) is 0 Å². The molecule has 0 unspecified atom stereocenters. The van der Waals surface area contributed by atoms with Crippen molar-refractivity contribution >= 4 is 11.9 Å². The van der Waals surface area contributed by atoms with E-state index in [0.29, 0.717) is 11.1 Å². The lowest BCUT2D eigenvalue weighted by Crippen LogP contribution is -2.28. The second kappa shape index (κ2) is 7.41. The van der Waals surface area contributed by atoms with E-state index < -0.39 is 23.8 Å². The molecule has 0 spiro atoms. The molecule has 0 aromatic heterocycles. The van der Waals surface area contributed by atoms with Crippen LogP contribution in [0.5, 0.6) is 0 Å². The normalized spacial score (nSPS) is 13.0. The van der Waals surface area contributed by atoms with Crippen LogP contribution in [0, 0.1) is 0 Å². The van der Waals surface area contributed by atoms with E-state index in [9.17, 15) is 9.59 Å². The summed E-state index contributed by atoms with van der Waals surface area (Å²) < 4.78 is 9.83. The van der Waals surface area contributed by atoms with Gasteiger partial charge in [0.05, 0.1) is 26.1 Å². The summed E-state index contributed by atoms with van der Waals surface area (Å²) in [5.41, 5.74) is 1.43. The highest BCUT2D eigenvalue weighted by atomic mass is 16.5. The van der Waals surface area contributed by atoms with Crippen LogP contribution in [0.4, 0.5) is 0 Å². The maximum Gasteiger partial charge on any atom is 0.314 e. The molecular formula is C18H18O4. The Morgan fingerprint density at radius 2 is 1.00 bits per heavy atom. The van der Waals surface area contributed by atoms with Crippen molar-refractivity contribution in [3.05, 3.63) is 71.8 Å². The Labute approximate surface area is 129 Å². The third-order valence-corrected chi connectivity index (χ3v) is 3.56. The van der Waals surface area contributed by atoms with Crippen molar-refractivity contribution in [3.63, 3.8) is 0 Å². The van der Waals surface area contributed by atoms with Gasteiger partial charge >= 0.3 is 11.9 Å². The van der Waals surface area contributed by atoms with Crippen molar-refractivity contribution in [1.82, 2.24) is 0 Å². The van der Waals surface area contributed by atoms with Crippen molar-refractivity contribution in [3.8, 4) is 0 Å². The first kappa shape index (κ1) is 15.8. The predicted molar refractivity (Wildman–Crippen MR) is 82.4 cm³/mol. The van der Waals surface area contributed by atoms with Crippen LogP contribution < -0.4 is 0 Å². The monoisotopic (exact) mass is 298 g/mol. The second-order valence-corrected chi connectivity index (χ2v) is 4.82. The fourth-order valence-electron chi connectivity index (χ4n) is 2.50. The zero-order chi connectivity index (χ0) is 15.9. The summed E-state index contributed by atoms with van der Waals surface area (Å²) in [6.07, 6.45) is 0. The van der Waals surface area contributed by atoms with Gasteiger partial charge in [0.1, 0.15) is 0 Å². The van der Waals surface area contributed by atoms with Crippen LogP contribution in [-0.2, 0) is 19.1 Å². The van der Waals surface area contributed by atoms with E-state index in [0.717, 1.165) is 0 Å². The van der Waals surface area contributed by atoms with E-state index in [2.05, 4.69) is 0 Å². The molecule has 22 heavy (non-hydrogen) atoms. The summed E-state index contributed by atoms with van der Waals surface area (Å²) in [6.45, 7) is 0. The Balaban J connectivity index is 2.54. The second-order valence-electron chi connectivity index (χ2n) is 4.82. The molecule has 2 aromatic carbocycles. The summed E-state index contributed by atoms with van der Waals surface area (Å²) in [6, 6.07) is 18.2. The van der Waals surface area contributed by atoms with Crippen LogP contribution in [0.2, 0.25) is 0 Å². The van der Waals surface area contributed by atoms with E-state index in [1.54, 1.807) is 24.3 Å². The van der Waals surface area contributed by atoms with Gasteiger partial charge in [-0.05, 0) is 11.1 Å². The number of benzene rings is 2. The van der Waals surface area contributed by atoms with Gasteiger partial charge in [0.2, 0.25) is 0 Å². The van der Waals surface area contributed by atoms with Crippen LogP contribution in [0.3, 0.4) is 0 Å². The Morgan fingerprint density at radius 3 is 1.27 bits per heavy atom. The fraction of sp³-hybridized carbons (Fsp3) is 0.222. The SMILES string of the molecule is COC(=O)[C@H](c1ccccc1)[C@@H](C(=O)OC)c1ccccc1. The van der Waals surface area contributed by atoms with Gasteiger partial charge in [-0.2, -0.15) is 0 Å². The van der Waals surface area contributed by atoms with Crippen LogP contribution in [-0.4, -0.2) is 26.2 Å². The van der Waals surface area contributed by atoms with E-state index >= 15 is 0 Å². The number of ether oxygens (including phenoxy) is 2. The molecular weight excluding hydrogens is 280 g/mol. The molecule has 0 amide bonds. The van der Waals surface area contributed by atoms with Crippen molar-refractivity contribution in [2.75, 3.05) is 14.2 Å². The van der Waals surface area contributed by atoms with Gasteiger partial charge in [0.15, 0.2) is 0 Å². The van der Waals surface area contributed by atoms with Gasteiger partial charge in [-0.3, -0.25) is 9.59 Å². The van der Waals surface area contributed by atoms with Gasteiger partial charge < -0.3 is 9.47 Å². The van der Waals surface area contributed by atoms with Crippen molar-refractivity contribution < 1.29 is 19.1 Å². The summed E-state index contributed by atoms with van der Waals surface area (Å²) in [4.78, 5) is 24.6. The molecule has 0 N–H and O–H groups in total. The molecule has 0 radical (unpaired) electrons. The average Bonchev–Trinajstić information content (AvgIpc) is 2.59. The first-order valence-electron chi connectivity index (χ1n) is 6.94. The lowest BCUT2D eigenvalue weighted by molar-refractivity contribution is -0.150. The molecule has 0 saturated carbocycles. The summed E-state index contributed by atoms with van der Waals surface area (Å²) in [5.74, 6) is -2.43. The molecule has 114 valence electrons. The average molecular weight is 298 g/mol. The molecule has 4 nitrogen and oxygen atoms in total. The summed E-state index contributed by atoms with van der Waals surface area (Å²) >= 11 is 0. The molecule has 0 saturated heterocycles. The molecule has 0 fully saturated rings. The molecule has 4 heteroatoms. The standard InChI is InChI=1S/C18H18O4/c1-21-17(19)15(13-9-5-3-6-10-13)16(18(20)22-2)14-11-7-4-8-12-14/h3-12,15-16H,1-2H3/t15-,16+. The third kappa shape index (κ3) is 3.34. The quantitative estimate of drug-likeness (QED) is 0.796. The molecule has 0 aliphatic rings. The molecule has 2 rings (SSSR count). The third-order valence-electron chi connectivity index (χ3n) is 3.56. The summed E-state index contributed by atoms with van der Waals surface area (Å²) in [5, 5.41) is 0. The highest BCUT2D eigenvalue weighted by Crippen LogP contribution is 2.35. The molecule has 0 heterocycles. The van der Waals surface area contributed by atoms with Gasteiger partial charge in [0, 0.05) is 0 Å². The number of hydrogen-bond donors (Lipinski definition) is 0. The minimum atomic E-state index is -0.749.